The SMILES string of the molecule is C[C@@H]1CCCN(C(=O)Nc2ccccc2OCC(F)(F)F)[C@@H]1CO. The quantitative estimate of drug-likeness (QED) is 0.880. The molecule has 0 unspecified atom stereocenters. The van der Waals surface area contributed by atoms with Crippen LogP contribution in [0.15, 0.2) is 24.3 Å². The van der Waals surface area contributed by atoms with Crippen LogP contribution < -0.4 is 10.1 Å². The van der Waals surface area contributed by atoms with Crippen molar-refractivity contribution in [2.24, 2.45) is 5.92 Å². The molecule has 0 radical (unpaired) electrons. The summed E-state index contributed by atoms with van der Waals surface area (Å²) in [7, 11) is 0. The molecule has 24 heavy (non-hydrogen) atoms. The number of likely N-dealkylation sites (tertiary alicyclic amines) is 1. The van der Waals surface area contributed by atoms with Crippen LogP contribution in [0.1, 0.15) is 19.8 Å². The number of amides is 2. The van der Waals surface area contributed by atoms with E-state index >= 15 is 0 Å². The lowest BCUT2D eigenvalue weighted by Crippen LogP contribution is -2.51. The number of para-hydroxylation sites is 2. The predicted molar refractivity (Wildman–Crippen MR) is 83.0 cm³/mol. The van der Waals surface area contributed by atoms with E-state index in [2.05, 4.69) is 5.32 Å². The van der Waals surface area contributed by atoms with Gasteiger partial charge in [0, 0.05) is 6.54 Å². The largest absolute Gasteiger partial charge is 0.482 e. The number of nitrogens with one attached hydrogen (secondary N) is 1. The summed E-state index contributed by atoms with van der Waals surface area (Å²) in [5, 5.41) is 12.1. The van der Waals surface area contributed by atoms with E-state index < -0.39 is 18.8 Å². The van der Waals surface area contributed by atoms with Crippen molar-refractivity contribution < 1.29 is 27.8 Å². The summed E-state index contributed by atoms with van der Waals surface area (Å²) in [6, 6.07) is 5.21. The fraction of sp³-hybridized carbons (Fsp3) is 0.562. The van der Waals surface area contributed by atoms with Gasteiger partial charge in [0.1, 0.15) is 5.75 Å². The maximum Gasteiger partial charge on any atom is 0.422 e. The number of aliphatic hydroxyl groups is 1. The molecule has 1 aromatic carbocycles. The minimum atomic E-state index is -4.46. The van der Waals surface area contributed by atoms with E-state index in [0.29, 0.717) is 6.54 Å². The van der Waals surface area contributed by atoms with E-state index in [4.69, 9.17) is 4.74 Å². The maximum absolute atomic E-state index is 12.5. The van der Waals surface area contributed by atoms with Gasteiger partial charge in [-0.05, 0) is 30.9 Å². The average Bonchev–Trinajstić information content (AvgIpc) is 2.53. The first-order chi connectivity index (χ1) is 11.3. The van der Waals surface area contributed by atoms with Crippen molar-refractivity contribution in [3.8, 4) is 5.75 Å². The highest BCUT2D eigenvalue weighted by Gasteiger charge is 2.32. The normalized spacial score (nSPS) is 21.5. The van der Waals surface area contributed by atoms with Crippen LogP contribution in [0.3, 0.4) is 0 Å². The number of carbonyl (C=O) groups is 1. The zero-order valence-electron chi connectivity index (χ0n) is 13.3. The fourth-order valence-electron chi connectivity index (χ4n) is 2.82. The van der Waals surface area contributed by atoms with Crippen LogP contribution in [-0.2, 0) is 0 Å². The zero-order chi connectivity index (χ0) is 17.7. The van der Waals surface area contributed by atoms with Gasteiger partial charge in [0.2, 0.25) is 0 Å². The van der Waals surface area contributed by atoms with Crippen LogP contribution in [0.5, 0.6) is 5.75 Å². The average molecular weight is 346 g/mol. The number of hydrogen-bond acceptors (Lipinski definition) is 3. The lowest BCUT2D eigenvalue weighted by molar-refractivity contribution is -0.153. The number of rotatable bonds is 4. The van der Waals surface area contributed by atoms with Crippen molar-refractivity contribution >= 4 is 11.7 Å². The van der Waals surface area contributed by atoms with Crippen LogP contribution in [0, 0.1) is 5.92 Å². The third-order valence-corrected chi connectivity index (χ3v) is 4.08. The third-order valence-electron chi connectivity index (χ3n) is 4.08. The van der Waals surface area contributed by atoms with E-state index in [1.165, 1.54) is 23.1 Å². The van der Waals surface area contributed by atoms with Gasteiger partial charge in [-0.3, -0.25) is 0 Å². The standard InChI is InChI=1S/C16H21F3N2O3/c1-11-5-4-8-21(13(11)9-22)15(23)20-12-6-2-3-7-14(12)24-10-16(17,18)19/h2-3,6-7,11,13,22H,4-5,8-10H2,1H3,(H,20,23)/t11-,13-/m1/s1. The minimum absolute atomic E-state index is 0.0474. The van der Waals surface area contributed by atoms with Gasteiger partial charge in [-0.15, -0.1) is 0 Å². The van der Waals surface area contributed by atoms with Gasteiger partial charge in [0.25, 0.3) is 0 Å². The molecule has 0 aliphatic carbocycles. The lowest BCUT2D eigenvalue weighted by atomic mass is 9.91. The Morgan fingerprint density at radius 2 is 2.12 bits per heavy atom. The van der Waals surface area contributed by atoms with Crippen molar-refractivity contribution in [2.45, 2.75) is 32.0 Å². The summed E-state index contributed by atoms with van der Waals surface area (Å²) in [6.07, 6.45) is -2.72. The summed E-state index contributed by atoms with van der Waals surface area (Å²) in [4.78, 5) is 14.0. The molecule has 1 aliphatic heterocycles. The molecule has 1 heterocycles. The van der Waals surface area contributed by atoms with Crippen molar-refractivity contribution in [3.63, 3.8) is 0 Å². The molecular weight excluding hydrogens is 325 g/mol. The van der Waals surface area contributed by atoms with Gasteiger partial charge >= 0.3 is 12.2 Å². The van der Waals surface area contributed by atoms with Crippen LogP contribution in [-0.4, -0.2) is 48.0 Å². The third kappa shape index (κ3) is 4.77. The molecule has 2 N–H and O–H groups in total. The van der Waals surface area contributed by atoms with E-state index in [1.54, 1.807) is 6.07 Å². The number of piperidine rings is 1. The van der Waals surface area contributed by atoms with Gasteiger partial charge < -0.3 is 20.1 Å². The summed E-state index contributed by atoms with van der Waals surface area (Å²) in [5.41, 5.74) is 0.168. The topological polar surface area (TPSA) is 61.8 Å². The van der Waals surface area contributed by atoms with E-state index in [0.717, 1.165) is 12.8 Å². The minimum Gasteiger partial charge on any atom is -0.482 e. The number of alkyl halides is 3. The number of ether oxygens (including phenoxy) is 1. The molecule has 0 aromatic heterocycles. The smallest absolute Gasteiger partial charge is 0.422 e. The van der Waals surface area contributed by atoms with Crippen LogP contribution in [0.4, 0.5) is 23.7 Å². The van der Waals surface area contributed by atoms with Crippen LogP contribution in [0.2, 0.25) is 0 Å². The summed E-state index contributed by atoms with van der Waals surface area (Å²) < 4.78 is 41.7. The molecule has 0 saturated carbocycles. The molecule has 134 valence electrons. The predicted octanol–water partition coefficient (Wildman–Crippen LogP) is 3.25. The van der Waals surface area contributed by atoms with Crippen molar-refractivity contribution in [2.75, 3.05) is 25.1 Å². The van der Waals surface area contributed by atoms with E-state index in [9.17, 15) is 23.1 Å². The molecule has 0 spiro atoms. The lowest BCUT2D eigenvalue weighted by Gasteiger charge is -2.38. The second kappa shape index (κ2) is 7.74. The van der Waals surface area contributed by atoms with Crippen molar-refractivity contribution in [3.05, 3.63) is 24.3 Å². The highest BCUT2D eigenvalue weighted by atomic mass is 19.4. The number of urea groups is 1. The molecule has 0 bridgehead atoms. The van der Waals surface area contributed by atoms with Gasteiger partial charge in [-0.25, -0.2) is 4.79 Å². The highest BCUT2D eigenvalue weighted by molar-refractivity contribution is 5.91. The molecular formula is C16H21F3N2O3. The van der Waals surface area contributed by atoms with E-state index in [1.807, 2.05) is 6.92 Å². The van der Waals surface area contributed by atoms with Crippen molar-refractivity contribution in [1.82, 2.24) is 4.90 Å². The Kier molecular flexibility index (Phi) is 5.93. The number of aliphatic hydroxyl groups excluding tert-OH is 1. The second-order valence-corrected chi connectivity index (χ2v) is 5.89. The molecule has 5 nitrogen and oxygen atoms in total. The Morgan fingerprint density at radius 3 is 2.79 bits per heavy atom. The highest BCUT2D eigenvalue weighted by Crippen LogP contribution is 2.28. The molecule has 8 heteroatoms. The van der Waals surface area contributed by atoms with E-state index in [-0.39, 0.29) is 30.0 Å². The molecule has 2 rings (SSSR count). The van der Waals surface area contributed by atoms with Crippen LogP contribution >= 0.6 is 0 Å². The Hall–Kier alpha value is -1.96. The monoisotopic (exact) mass is 346 g/mol. The number of benzene rings is 1. The summed E-state index contributed by atoms with van der Waals surface area (Å²) in [5.74, 6) is 0.111. The first-order valence-electron chi connectivity index (χ1n) is 7.79. The van der Waals surface area contributed by atoms with Gasteiger partial charge in [-0.1, -0.05) is 19.1 Å². The number of hydrogen-bond donors (Lipinski definition) is 2. The molecule has 1 fully saturated rings. The van der Waals surface area contributed by atoms with Crippen molar-refractivity contribution in [1.29, 1.82) is 0 Å². The summed E-state index contributed by atoms with van der Waals surface area (Å²) >= 11 is 0. The molecule has 1 aliphatic rings. The molecule has 2 atom stereocenters. The van der Waals surface area contributed by atoms with Gasteiger partial charge in [-0.2, -0.15) is 13.2 Å². The second-order valence-electron chi connectivity index (χ2n) is 5.89. The van der Waals surface area contributed by atoms with Gasteiger partial charge in [0.15, 0.2) is 6.61 Å². The number of carbonyl (C=O) groups excluding carboxylic acids is 1. The first kappa shape index (κ1) is 18.4. The maximum atomic E-state index is 12.5. The number of nitrogens with zero attached hydrogens (tertiary/aromatic N) is 1. The number of anilines is 1. The summed E-state index contributed by atoms with van der Waals surface area (Å²) in [6.45, 7) is 0.869. The Bertz CT molecular complexity index is 566. The molecule has 1 aromatic rings. The Balaban J connectivity index is 2.08. The molecule has 1 saturated heterocycles. The number of halogens is 3. The fourth-order valence-corrected chi connectivity index (χ4v) is 2.82. The van der Waals surface area contributed by atoms with Crippen LogP contribution in [0.25, 0.3) is 0 Å². The Morgan fingerprint density at radius 1 is 1.42 bits per heavy atom. The molecule has 2 amide bonds. The van der Waals surface area contributed by atoms with Gasteiger partial charge in [0.05, 0.1) is 18.3 Å². The Labute approximate surface area is 138 Å². The first-order valence-corrected chi connectivity index (χ1v) is 7.79. The zero-order valence-corrected chi connectivity index (χ0v) is 13.3.